The van der Waals surface area contributed by atoms with Crippen molar-refractivity contribution in [3.63, 3.8) is 0 Å². The van der Waals surface area contributed by atoms with Gasteiger partial charge in [-0.1, -0.05) is 5.21 Å². The number of aliphatic carboxylic acids is 2. The third-order valence-corrected chi connectivity index (χ3v) is 11.9. The number of aromatic nitrogens is 4. The highest BCUT2D eigenvalue weighted by molar-refractivity contribution is 7.90. The molecule has 12 N–H and O–H groups in total. The monoisotopic (exact) mass is 1040 g/mol. The number of ether oxygens (including phenoxy) is 2. The number of sulfonamides is 1. The number of ketones is 2. The molecule has 72 heavy (non-hydrogen) atoms. The summed E-state index contributed by atoms with van der Waals surface area (Å²) in [6.07, 6.45) is 0.475. The summed E-state index contributed by atoms with van der Waals surface area (Å²) < 4.78 is 37.0. The minimum absolute atomic E-state index is 0.0288. The largest absolute Gasteiger partial charge is 0.481 e. The number of primary amides is 1. The van der Waals surface area contributed by atoms with E-state index in [0.29, 0.717) is 55.7 Å². The molecule has 0 spiro atoms. The van der Waals surface area contributed by atoms with Crippen LogP contribution >= 0.6 is 0 Å². The van der Waals surface area contributed by atoms with E-state index in [9.17, 15) is 66.6 Å². The number of carboxylic acids is 2. The zero-order valence-corrected chi connectivity index (χ0v) is 40.8. The summed E-state index contributed by atoms with van der Waals surface area (Å²) in [6.45, 7) is 0.303. The number of tetrazole rings is 1. The van der Waals surface area contributed by atoms with Gasteiger partial charge in [0.15, 0.2) is 5.82 Å². The Morgan fingerprint density at radius 2 is 1.33 bits per heavy atom. The van der Waals surface area contributed by atoms with Gasteiger partial charge in [0, 0.05) is 82.3 Å². The minimum atomic E-state index is -3.97. The number of nitrogens with two attached hydrogens (primary N) is 2. The van der Waals surface area contributed by atoms with E-state index >= 15 is 0 Å². The molecule has 0 saturated carbocycles. The normalized spacial score (nSPS) is 12.4. The minimum Gasteiger partial charge on any atom is -0.481 e. The second kappa shape index (κ2) is 34.4. The van der Waals surface area contributed by atoms with E-state index in [-0.39, 0.29) is 109 Å². The molecule has 2 rings (SSSR count). The fourth-order valence-electron chi connectivity index (χ4n) is 6.63. The Morgan fingerprint density at radius 1 is 0.653 bits per heavy atom. The number of anilines is 1. The lowest BCUT2D eigenvalue weighted by Gasteiger charge is -2.16. The zero-order chi connectivity index (χ0) is 53.3. The van der Waals surface area contributed by atoms with Crippen LogP contribution < -0.4 is 37.5 Å². The SMILES string of the molecule is NC(=O)[C@H](CCCCNC(=O)c1ccc(N)cc1)NC(=O)COCCOCCCC(=O)CCC(NC(=O)CC[C@H](CC(=O)CCCNC(=O)CCCS(=O)(=O)NC(=O)CCCc1nn[nH]n1)C(=O)O)C(=O)O. The highest BCUT2D eigenvalue weighted by atomic mass is 32.2. The van der Waals surface area contributed by atoms with E-state index < -0.39 is 93.9 Å². The number of aryl methyl sites for hydroxylation is 1. The number of nitrogens with zero attached hydrogens (tertiary/aromatic N) is 3. The van der Waals surface area contributed by atoms with Gasteiger partial charge < -0.3 is 52.4 Å². The Balaban J connectivity index is 1.53. The summed E-state index contributed by atoms with van der Waals surface area (Å²) in [6, 6.07) is 4.09. The fourth-order valence-corrected chi connectivity index (χ4v) is 7.71. The molecule has 3 atom stereocenters. The molecule has 0 bridgehead atoms. The van der Waals surface area contributed by atoms with Gasteiger partial charge in [-0.05, 0) is 82.1 Å². The van der Waals surface area contributed by atoms with E-state index in [4.69, 9.17) is 20.9 Å². The van der Waals surface area contributed by atoms with Gasteiger partial charge in [0.05, 0.1) is 24.9 Å². The van der Waals surface area contributed by atoms with Crippen molar-refractivity contribution < 1.29 is 76.0 Å². The van der Waals surface area contributed by atoms with Crippen molar-refractivity contribution in [2.45, 2.75) is 121 Å². The Hall–Kier alpha value is -6.94. The number of hydrogen-bond acceptors (Lipinski definition) is 18. The Kier molecular flexibility index (Phi) is 29.2. The first-order valence-corrected chi connectivity index (χ1v) is 25.1. The number of carbonyl (C=O) groups excluding carboxylic acids is 8. The van der Waals surface area contributed by atoms with Crippen molar-refractivity contribution in [1.82, 2.24) is 46.6 Å². The number of Topliss-reactive ketones (excluding diaryl/α,β-unsaturated/α-hetero) is 2. The molecule has 400 valence electrons. The number of unbranched alkanes of at least 4 members (excludes halogenated alkanes) is 1. The number of carboxylic acid groups (broad SMARTS) is 2. The predicted octanol–water partition coefficient (Wildman–Crippen LogP) is -1.03. The molecule has 0 radical (unpaired) electrons. The number of benzene rings is 1. The number of nitrogens with one attached hydrogen (secondary N) is 6. The molecule has 0 aliphatic carbocycles. The summed E-state index contributed by atoms with van der Waals surface area (Å²) in [4.78, 5) is 122. The van der Waals surface area contributed by atoms with Gasteiger partial charge in [-0.2, -0.15) is 5.21 Å². The molecule has 1 heterocycles. The van der Waals surface area contributed by atoms with Gasteiger partial charge in [-0.3, -0.25) is 47.9 Å². The van der Waals surface area contributed by atoms with Crippen molar-refractivity contribution in [1.29, 1.82) is 0 Å². The molecule has 1 unspecified atom stereocenters. The lowest BCUT2D eigenvalue weighted by atomic mass is 9.95. The Labute approximate surface area is 415 Å². The average Bonchev–Trinajstić information content (AvgIpc) is 3.84. The molecule has 0 aliphatic rings. The molecular formula is C44H67N11O16S. The van der Waals surface area contributed by atoms with E-state index in [2.05, 4.69) is 41.9 Å². The lowest BCUT2D eigenvalue weighted by molar-refractivity contribution is -0.145. The molecule has 1 aromatic carbocycles. The molecule has 28 heteroatoms. The summed E-state index contributed by atoms with van der Waals surface area (Å²) in [5.41, 5.74) is 12.1. The van der Waals surface area contributed by atoms with E-state index in [1.807, 2.05) is 4.72 Å². The molecular weight excluding hydrogens is 971 g/mol. The van der Waals surface area contributed by atoms with Crippen LogP contribution in [0.5, 0.6) is 0 Å². The van der Waals surface area contributed by atoms with Crippen molar-refractivity contribution >= 4 is 74.7 Å². The predicted molar refractivity (Wildman–Crippen MR) is 253 cm³/mol. The Bertz CT molecular complexity index is 2200. The maximum atomic E-state index is 12.6. The van der Waals surface area contributed by atoms with Gasteiger partial charge >= 0.3 is 11.9 Å². The summed E-state index contributed by atoms with van der Waals surface area (Å²) >= 11 is 0. The molecule has 0 aliphatic heterocycles. The summed E-state index contributed by atoms with van der Waals surface area (Å²) in [5.74, 6) is -8.35. The average molecular weight is 1040 g/mol. The third-order valence-electron chi connectivity index (χ3n) is 10.5. The molecule has 2 aromatic rings. The Morgan fingerprint density at radius 3 is 2.01 bits per heavy atom. The number of nitrogen functional groups attached to an aromatic ring is 1. The van der Waals surface area contributed by atoms with Gasteiger partial charge in [-0.15, -0.1) is 10.2 Å². The maximum Gasteiger partial charge on any atom is 0.326 e. The smallest absolute Gasteiger partial charge is 0.326 e. The van der Waals surface area contributed by atoms with Crippen LogP contribution in [0.4, 0.5) is 5.69 Å². The molecule has 27 nitrogen and oxygen atoms in total. The molecule has 0 fully saturated rings. The first-order chi connectivity index (χ1) is 34.2. The van der Waals surface area contributed by atoms with Crippen LogP contribution in [0.3, 0.4) is 0 Å². The molecule has 0 saturated heterocycles. The van der Waals surface area contributed by atoms with Gasteiger partial charge in [0.1, 0.15) is 30.3 Å². The number of hydrogen-bond donors (Lipinski definition) is 10. The van der Waals surface area contributed by atoms with E-state index in [1.165, 1.54) is 0 Å². The maximum absolute atomic E-state index is 12.6. The van der Waals surface area contributed by atoms with Crippen LogP contribution in [0.15, 0.2) is 24.3 Å². The first-order valence-electron chi connectivity index (χ1n) is 23.4. The fraction of sp³-hybridized carbons (Fsp3) is 0.614. The number of H-pyrrole nitrogens is 1. The number of aromatic amines is 1. The van der Waals surface area contributed by atoms with Crippen LogP contribution in [-0.4, -0.2) is 156 Å². The van der Waals surface area contributed by atoms with E-state index in [1.54, 1.807) is 24.3 Å². The van der Waals surface area contributed by atoms with Gasteiger partial charge in [0.25, 0.3) is 5.91 Å². The molecule has 6 amide bonds. The van der Waals surface area contributed by atoms with Crippen LogP contribution in [0, 0.1) is 5.92 Å². The topological polar surface area (TPSA) is 430 Å². The van der Waals surface area contributed by atoms with E-state index in [0.717, 1.165) is 0 Å². The van der Waals surface area contributed by atoms with Gasteiger partial charge in [0.2, 0.25) is 39.6 Å². The van der Waals surface area contributed by atoms with Gasteiger partial charge in [-0.25, -0.2) is 13.2 Å². The van der Waals surface area contributed by atoms with Crippen molar-refractivity contribution in [2.75, 3.05) is 51.0 Å². The number of rotatable bonds is 41. The van der Waals surface area contributed by atoms with Crippen molar-refractivity contribution in [3.8, 4) is 0 Å². The summed E-state index contributed by atoms with van der Waals surface area (Å²) in [5, 5.41) is 42.4. The van der Waals surface area contributed by atoms with Crippen LogP contribution in [0.1, 0.15) is 119 Å². The third kappa shape index (κ3) is 28.7. The quantitative estimate of drug-likeness (QED) is 0.0281. The number of carbonyl (C=O) groups is 10. The van der Waals surface area contributed by atoms with Crippen LogP contribution in [0.2, 0.25) is 0 Å². The second-order valence-electron chi connectivity index (χ2n) is 16.6. The highest BCUT2D eigenvalue weighted by Crippen LogP contribution is 2.15. The highest BCUT2D eigenvalue weighted by Gasteiger charge is 2.25. The standard InChI is InChI=1S/C44H67N11O16S/c45-31-16-13-29(14-17-31)42(63)48-21-2-1-9-34(41(46)62)49-40(61)28-71-25-24-70-23-5-8-32(56)18-19-35(44(66)67)50-38(59)20-15-30(43(64)65)27-33(57)7-4-22-47-37(58)12-6-26-72(68,69)53-39(60)11-3-10-36-51-54-55-52-36/h13-14,16-17,30,34-35H,1-12,15,18-28,45H2,(H2,46,62)(H,47,58)(H,48,63)(H,49,61)(H,50,59)(H,53,60)(H,64,65)(H,66,67)(H,51,52,54,55)/t30-,34+,35?/m1/s1. The van der Waals surface area contributed by atoms with Crippen LogP contribution in [-0.2, 0) is 69.1 Å². The lowest BCUT2D eigenvalue weighted by Crippen LogP contribution is -2.45. The second-order valence-corrected chi connectivity index (χ2v) is 18.4. The number of amides is 6. The van der Waals surface area contributed by atoms with Crippen LogP contribution in [0.25, 0.3) is 0 Å². The zero-order valence-electron chi connectivity index (χ0n) is 40.0. The first kappa shape index (κ1) is 61.2. The van der Waals surface area contributed by atoms with Crippen molar-refractivity contribution in [2.24, 2.45) is 11.7 Å². The summed E-state index contributed by atoms with van der Waals surface area (Å²) in [7, 11) is -3.97. The van der Waals surface area contributed by atoms with Crippen molar-refractivity contribution in [3.05, 3.63) is 35.7 Å². The molecule has 1 aromatic heterocycles.